The van der Waals surface area contributed by atoms with Crippen molar-refractivity contribution in [2.24, 2.45) is 0 Å². The zero-order valence-corrected chi connectivity index (χ0v) is 9.97. The van der Waals surface area contributed by atoms with E-state index in [0.29, 0.717) is 5.56 Å². The third kappa shape index (κ3) is 2.70. The maximum Gasteiger partial charge on any atom is 0.264 e. The highest BCUT2D eigenvalue weighted by molar-refractivity contribution is 7.90. The zero-order chi connectivity index (χ0) is 12.3. The molecule has 0 heterocycles. The molecule has 4 nitrogen and oxygen atoms in total. The van der Waals surface area contributed by atoms with Gasteiger partial charge in [0.05, 0.1) is 4.90 Å². The Balaban J connectivity index is 3.09. The Morgan fingerprint density at radius 2 is 1.88 bits per heavy atom. The Morgan fingerprint density at radius 1 is 1.31 bits per heavy atom. The van der Waals surface area contributed by atoms with Crippen molar-refractivity contribution in [3.8, 4) is 0 Å². The lowest BCUT2D eigenvalue weighted by molar-refractivity contribution is -0.115. The van der Waals surface area contributed by atoms with Gasteiger partial charge < -0.3 is 0 Å². The Kier molecular flexibility index (Phi) is 3.49. The Hall–Kier alpha value is -1.62. The van der Waals surface area contributed by atoms with E-state index in [9.17, 15) is 13.2 Å². The molecule has 0 bridgehead atoms. The molecule has 5 heteroatoms. The molecule has 0 unspecified atom stereocenters. The predicted molar refractivity (Wildman–Crippen MR) is 61.3 cm³/mol. The maximum absolute atomic E-state index is 11.8. The van der Waals surface area contributed by atoms with Crippen LogP contribution in [-0.4, -0.2) is 14.3 Å². The third-order valence-corrected chi connectivity index (χ3v) is 3.49. The molecule has 1 aromatic rings. The quantitative estimate of drug-likeness (QED) is 0.810. The van der Waals surface area contributed by atoms with Crippen molar-refractivity contribution < 1.29 is 13.2 Å². The van der Waals surface area contributed by atoms with E-state index in [1.54, 1.807) is 25.1 Å². The molecule has 16 heavy (non-hydrogen) atoms. The first-order chi connectivity index (χ1) is 7.34. The fourth-order valence-electron chi connectivity index (χ4n) is 1.12. The monoisotopic (exact) mass is 239 g/mol. The van der Waals surface area contributed by atoms with E-state index in [1.165, 1.54) is 13.0 Å². The molecule has 0 aromatic heterocycles. The van der Waals surface area contributed by atoms with Crippen molar-refractivity contribution in [3.63, 3.8) is 0 Å². The summed E-state index contributed by atoms with van der Waals surface area (Å²) in [7, 11) is -3.80. The molecular weight excluding hydrogens is 226 g/mol. The Bertz CT molecular complexity index is 532. The van der Waals surface area contributed by atoms with Crippen LogP contribution in [0, 0.1) is 6.92 Å². The molecule has 0 saturated heterocycles. The van der Waals surface area contributed by atoms with Gasteiger partial charge in [-0.3, -0.25) is 4.79 Å². The van der Waals surface area contributed by atoms with Gasteiger partial charge in [-0.1, -0.05) is 24.8 Å². The number of carbonyl (C=O) groups is 1. The number of amides is 1. The summed E-state index contributed by atoms with van der Waals surface area (Å²) in [5, 5.41) is 0. The summed E-state index contributed by atoms with van der Waals surface area (Å²) < 4.78 is 25.5. The van der Waals surface area contributed by atoms with E-state index >= 15 is 0 Å². The molecule has 1 rings (SSSR count). The topological polar surface area (TPSA) is 63.2 Å². The van der Waals surface area contributed by atoms with Gasteiger partial charge in [-0.15, -0.1) is 0 Å². The van der Waals surface area contributed by atoms with E-state index in [-0.39, 0.29) is 10.5 Å². The summed E-state index contributed by atoms with van der Waals surface area (Å²) in [6.45, 7) is 6.49. The normalized spacial score (nSPS) is 10.9. The Labute approximate surface area is 95.0 Å². The molecule has 1 N–H and O–H groups in total. The van der Waals surface area contributed by atoms with Crippen LogP contribution in [0.15, 0.2) is 41.3 Å². The van der Waals surface area contributed by atoms with Gasteiger partial charge >= 0.3 is 0 Å². The summed E-state index contributed by atoms with van der Waals surface area (Å²) in [6, 6.07) is 6.45. The second-order valence-electron chi connectivity index (χ2n) is 3.48. The molecule has 0 aliphatic carbocycles. The second-order valence-corrected chi connectivity index (χ2v) is 5.13. The molecule has 0 atom stereocenters. The smallest absolute Gasteiger partial charge is 0.264 e. The fourth-order valence-corrected chi connectivity index (χ4v) is 2.40. The van der Waals surface area contributed by atoms with E-state index < -0.39 is 15.9 Å². The minimum Gasteiger partial charge on any atom is -0.269 e. The van der Waals surface area contributed by atoms with Crippen molar-refractivity contribution in [1.82, 2.24) is 4.72 Å². The van der Waals surface area contributed by atoms with Crippen LogP contribution in [0.1, 0.15) is 12.5 Å². The average Bonchev–Trinajstić information content (AvgIpc) is 2.17. The molecule has 0 aliphatic heterocycles. The van der Waals surface area contributed by atoms with Gasteiger partial charge in [0.25, 0.3) is 15.9 Å². The minimum absolute atomic E-state index is 0.101. The van der Waals surface area contributed by atoms with Crippen molar-refractivity contribution >= 4 is 15.9 Å². The van der Waals surface area contributed by atoms with Gasteiger partial charge in [-0.05, 0) is 25.5 Å². The van der Waals surface area contributed by atoms with Crippen LogP contribution in [0.25, 0.3) is 0 Å². The van der Waals surface area contributed by atoms with Gasteiger partial charge in [-0.2, -0.15) is 0 Å². The lowest BCUT2D eigenvalue weighted by Crippen LogP contribution is -2.31. The lowest BCUT2D eigenvalue weighted by atomic mass is 10.2. The van der Waals surface area contributed by atoms with Crippen LogP contribution in [0.3, 0.4) is 0 Å². The summed E-state index contributed by atoms with van der Waals surface area (Å²) >= 11 is 0. The summed E-state index contributed by atoms with van der Waals surface area (Å²) in [4.78, 5) is 11.4. The second kappa shape index (κ2) is 4.49. The molecule has 0 fully saturated rings. The van der Waals surface area contributed by atoms with Crippen molar-refractivity contribution in [2.75, 3.05) is 0 Å². The highest BCUT2D eigenvalue weighted by Crippen LogP contribution is 2.13. The van der Waals surface area contributed by atoms with E-state index in [1.807, 2.05) is 4.72 Å². The number of aryl methyl sites for hydroxylation is 1. The van der Waals surface area contributed by atoms with Crippen LogP contribution in [-0.2, 0) is 14.8 Å². The highest BCUT2D eigenvalue weighted by atomic mass is 32.2. The summed E-state index contributed by atoms with van der Waals surface area (Å²) in [5.74, 6) is -0.691. The van der Waals surface area contributed by atoms with Gasteiger partial charge in [0.2, 0.25) is 0 Å². The van der Waals surface area contributed by atoms with Crippen molar-refractivity contribution in [2.45, 2.75) is 18.7 Å². The van der Waals surface area contributed by atoms with Crippen LogP contribution < -0.4 is 4.72 Å². The number of nitrogens with one attached hydrogen (secondary N) is 1. The number of sulfonamides is 1. The zero-order valence-electron chi connectivity index (χ0n) is 9.15. The van der Waals surface area contributed by atoms with E-state index in [4.69, 9.17) is 0 Å². The van der Waals surface area contributed by atoms with Crippen LogP contribution in [0.5, 0.6) is 0 Å². The molecule has 1 aromatic carbocycles. The number of rotatable bonds is 3. The third-order valence-electron chi connectivity index (χ3n) is 2.00. The summed E-state index contributed by atoms with van der Waals surface area (Å²) in [5.41, 5.74) is 0.738. The molecule has 0 radical (unpaired) electrons. The van der Waals surface area contributed by atoms with E-state index in [2.05, 4.69) is 6.58 Å². The summed E-state index contributed by atoms with van der Waals surface area (Å²) in [6.07, 6.45) is 0. The van der Waals surface area contributed by atoms with Gasteiger partial charge in [0, 0.05) is 5.57 Å². The molecular formula is C11H13NO3S. The standard InChI is InChI=1S/C11H13NO3S/c1-8(2)11(13)12-16(14,15)10-7-5-4-6-9(10)3/h4-7H,1H2,2-3H3,(H,12,13). The number of benzene rings is 1. The van der Waals surface area contributed by atoms with Gasteiger partial charge in [0.1, 0.15) is 0 Å². The molecule has 1 amide bonds. The van der Waals surface area contributed by atoms with Crippen molar-refractivity contribution in [1.29, 1.82) is 0 Å². The maximum atomic E-state index is 11.8. The molecule has 0 spiro atoms. The van der Waals surface area contributed by atoms with Gasteiger partial charge in [-0.25, -0.2) is 13.1 Å². The first kappa shape index (κ1) is 12.4. The minimum atomic E-state index is -3.80. The van der Waals surface area contributed by atoms with Crippen LogP contribution in [0.4, 0.5) is 0 Å². The van der Waals surface area contributed by atoms with Crippen LogP contribution >= 0.6 is 0 Å². The predicted octanol–water partition coefficient (Wildman–Crippen LogP) is 1.38. The fraction of sp³-hybridized carbons (Fsp3) is 0.182. The Morgan fingerprint density at radius 3 is 2.38 bits per heavy atom. The number of hydrogen-bond donors (Lipinski definition) is 1. The first-order valence-corrected chi connectivity index (χ1v) is 6.11. The number of hydrogen-bond acceptors (Lipinski definition) is 3. The highest BCUT2D eigenvalue weighted by Gasteiger charge is 2.19. The SMILES string of the molecule is C=C(C)C(=O)NS(=O)(=O)c1ccccc1C. The average molecular weight is 239 g/mol. The van der Waals surface area contributed by atoms with E-state index in [0.717, 1.165) is 0 Å². The first-order valence-electron chi connectivity index (χ1n) is 4.63. The molecule has 86 valence electrons. The number of carbonyl (C=O) groups excluding carboxylic acids is 1. The van der Waals surface area contributed by atoms with Crippen molar-refractivity contribution in [3.05, 3.63) is 42.0 Å². The molecule has 0 saturated carbocycles. The van der Waals surface area contributed by atoms with Crippen LogP contribution in [0.2, 0.25) is 0 Å². The van der Waals surface area contributed by atoms with Gasteiger partial charge in [0.15, 0.2) is 0 Å². The lowest BCUT2D eigenvalue weighted by Gasteiger charge is -2.08. The molecule has 0 aliphatic rings. The largest absolute Gasteiger partial charge is 0.269 e.